The molecule has 0 aliphatic heterocycles. The molecule has 3 rings (SSSR count). The van der Waals surface area contributed by atoms with E-state index >= 15 is 0 Å². The molecule has 156 valence electrons. The summed E-state index contributed by atoms with van der Waals surface area (Å²) < 4.78 is 2.00. The zero-order valence-corrected chi connectivity index (χ0v) is 18.2. The molecule has 0 atom stereocenters. The summed E-state index contributed by atoms with van der Waals surface area (Å²) in [4.78, 5) is 17.3. The number of nitrogens with zero attached hydrogens (tertiary/aromatic N) is 3. The van der Waals surface area contributed by atoms with Gasteiger partial charge in [-0.1, -0.05) is 35.9 Å². The molecule has 1 aromatic heterocycles. The number of halogens is 1. The van der Waals surface area contributed by atoms with Crippen LogP contribution in [0.2, 0.25) is 5.02 Å². The van der Waals surface area contributed by atoms with Crippen molar-refractivity contribution in [2.75, 3.05) is 11.9 Å². The average molecular weight is 424 g/mol. The van der Waals surface area contributed by atoms with Crippen molar-refractivity contribution in [2.45, 2.75) is 33.7 Å². The fraction of sp³-hybridized carbons (Fsp3) is 0.261. The van der Waals surface area contributed by atoms with Crippen LogP contribution in [0.15, 0.2) is 59.6 Å². The summed E-state index contributed by atoms with van der Waals surface area (Å²) in [6.45, 7) is 7.53. The molecular formula is C23H26ClN5O. The number of benzene rings is 2. The van der Waals surface area contributed by atoms with Gasteiger partial charge in [-0.25, -0.2) is 0 Å². The molecular weight excluding hydrogens is 398 g/mol. The molecule has 7 heteroatoms. The van der Waals surface area contributed by atoms with Crippen molar-refractivity contribution in [1.82, 2.24) is 15.1 Å². The molecule has 0 saturated heterocycles. The van der Waals surface area contributed by atoms with Gasteiger partial charge in [0, 0.05) is 35.1 Å². The second kappa shape index (κ2) is 10.1. The maximum Gasteiger partial charge on any atom is 0.258 e. The summed E-state index contributed by atoms with van der Waals surface area (Å²) in [7, 11) is 0. The van der Waals surface area contributed by atoms with Crippen molar-refractivity contribution >= 4 is 29.2 Å². The number of guanidine groups is 1. The van der Waals surface area contributed by atoms with Crippen molar-refractivity contribution in [3.63, 3.8) is 0 Å². The van der Waals surface area contributed by atoms with Crippen molar-refractivity contribution in [1.29, 1.82) is 0 Å². The SMILES string of the molecule is CCn1nc(C)c(CCN=C(NC(=O)c2cccc(Cl)c2)Nc2ccccc2)c1C. The van der Waals surface area contributed by atoms with Gasteiger partial charge >= 0.3 is 0 Å². The number of carbonyl (C=O) groups is 1. The molecule has 2 aromatic carbocycles. The molecule has 2 N–H and O–H groups in total. The summed E-state index contributed by atoms with van der Waals surface area (Å²) in [6, 6.07) is 16.4. The number of rotatable bonds is 6. The smallest absolute Gasteiger partial charge is 0.258 e. The van der Waals surface area contributed by atoms with Crippen LogP contribution in [0.5, 0.6) is 0 Å². The van der Waals surface area contributed by atoms with E-state index in [1.807, 2.05) is 41.9 Å². The highest BCUT2D eigenvalue weighted by Crippen LogP contribution is 2.14. The second-order valence-corrected chi connectivity index (χ2v) is 7.34. The summed E-state index contributed by atoms with van der Waals surface area (Å²) in [5, 5.41) is 11.1. The lowest BCUT2D eigenvalue weighted by Crippen LogP contribution is -2.36. The molecule has 0 fully saturated rings. The van der Waals surface area contributed by atoms with Crippen molar-refractivity contribution in [3.05, 3.63) is 82.1 Å². The number of hydrogen-bond donors (Lipinski definition) is 2. The number of nitrogens with one attached hydrogen (secondary N) is 2. The Morgan fingerprint density at radius 3 is 2.57 bits per heavy atom. The lowest BCUT2D eigenvalue weighted by molar-refractivity contribution is 0.0977. The Kier molecular flexibility index (Phi) is 7.25. The van der Waals surface area contributed by atoms with E-state index in [0.29, 0.717) is 23.1 Å². The molecule has 1 amide bonds. The van der Waals surface area contributed by atoms with E-state index in [1.54, 1.807) is 24.3 Å². The van der Waals surface area contributed by atoms with Crippen LogP contribution in [0.25, 0.3) is 0 Å². The minimum absolute atomic E-state index is 0.272. The van der Waals surface area contributed by atoms with Crippen LogP contribution in [0.4, 0.5) is 5.69 Å². The molecule has 0 bridgehead atoms. The van der Waals surface area contributed by atoms with E-state index in [1.165, 1.54) is 5.56 Å². The molecule has 0 unspecified atom stereocenters. The summed E-state index contributed by atoms with van der Waals surface area (Å²) in [5.74, 6) is 0.121. The van der Waals surface area contributed by atoms with Crippen LogP contribution in [0.3, 0.4) is 0 Å². The van der Waals surface area contributed by atoms with Crippen molar-refractivity contribution in [2.24, 2.45) is 4.99 Å². The van der Waals surface area contributed by atoms with Gasteiger partial charge < -0.3 is 5.32 Å². The maximum absolute atomic E-state index is 12.7. The standard InChI is InChI=1S/C23H26ClN5O/c1-4-29-17(3)21(16(2)28-29)13-14-25-23(26-20-11-6-5-7-12-20)27-22(30)18-9-8-10-19(24)15-18/h5-12,15H,4,13-14H2,1-3H3,(H2,25,26,27,30). The number of carbonyl (C=O) groups excluding carboxylic acids is 1. The van der Waals surface area contributed by atoms with Gasteiger partial charge in [-0.3, -0.25) is 19.8 Å². The molecule has 0 spiro atoms. The van der Waals surface area contributed by atoms with Crippen LogP contribution in [0.1, 0.15) is 34.2 Å². The van der Waals surface area contributed by atoms with Gasteiger partial charge in [-0.15, -0.1) is 0 Å². The van der Waals surface area contributed by atoms with Crippen molar-refractivity contribution in [3.8, 4) is 0 Å². The van der Waals surface area contributed by atoms with E-state index in [-0.39, 0.29) is 5.91 Å². The molecule has 0 saturated carbocycles. The lowest BCUT2D eigenvalue weighted by atomic mass is 10.1. The van der Waals surface area contributed by atoms with Gasteiger partial charge in [0.1, 0.15) is 0 Å². The summed E-state index contributed by atoms with van der Waals surface area (Å²) in [6.07, 6.45) is 0.741. The largest absolute Gasteiger partial charge is 0.326 e. The van der Waals surface area contributed by atoms with Gasteiger partial charge in [-0.2, -0.15) is 5.10 Å². The van der Waals surface area contributed by atoms with E-state index in [9.17, 15) is 4.79 Å². The van der Waals surface area contributed by atoms with Crippen LogP contribution >= 0.6 is 11.6 Å². The fourth-order valence-corrected chi connectivity index (χ4v) is 3.45. The van der Waals surface area contributed by atoms with Gasteiger partial charge in [0.05, 0.1) is 5.69 Å². The molecule has 1 heterocycles. The van der Waals surface area contributed by atoms with Gasteiger partial charge in [-0.05, 0) is 63.1 Å². The highest BCUT2D eigenvalue weighted by Gasteiger charge is 2.12. The molecule has 0 aliphatic carbocycles. The monoisotopic (exact) mass is 423 g/mol. The first-order valence-corrected chi connectivity index (χ1v) is 10.3. The van der Waals surface area contributed by atoms with Gasteiger partial charge in [0.2, 0.25) is 5.96 Å². The molecule has 0 radical (unpaired) electrons. The number of aryl methyl sites for hydroxylation is 2. The highest BCUT2D eigenvalue weighted by molar-refractivity contribution is 6.31. The predicted molar refractivity (Wildman–Crippen MR) is 122 cm³/mol. The Labute approximate surface area is 182 Å². The van der Waals surface area contributed by atoms with Crippen LogP contribution in [0, 0.1) is 13.8 Å². The minimum Gasteiger partial charge on any atom is -0.326 e. The Morgan fingerprint density at radius 2 is 1.90 bits per heavy atom. The van der Waals surface area contributed by atoms with E-state index in [0.717, 1.165) is 30.0 Å². The van der Waals surface area contributed by atoms with E-state index in [4.69, 9.17) is 11.6 Å². The molecule has 0 aliphatic rings. The Balaban J connectivity index is 1.76. The summed E-state index contributed by atoms with van der Waals surface area (Å²) >= 11 is 6.02. The average Bonchev–Trinajstić information content (AvgIpc) is 3.02. The van der Waals surface area contributed by atoms with Gasteiger partial charge in [0.15, 0.2) is 0 Å². The number of aromatic nitrogens is 2. The molecule has 30 heavy (non-hydrogen) atoms. The first kappa shape index (κ1) is 21.6. The topological polar surface area (TPSA) is 71.3 Å². The second-order valence-electron chi connectivity index (χ2n) is 6.90. The highest BCUT2D eigenvalue weighted by atomic mass is 35.5. The molecule has 3 aromatic rings. The number of anilines is 1. The van der Waals surface area contributed by atoms with Crippen molar-refractivity contribution < 1.29 is 4.79 Å². The normalized spacial score (nSPS) is 11.4. The Bertz CT molecular complexity index is 1040. The number of hydrogen-bond acceptors (Lipinski definition) is 3. The van der Waals surface area contributed by atoms with Gasteiger partial charge in [0.25, 0.3) is 5.91 Å². The lowest BCUT2D eigenvalue weighted by Gasteiger charge is -2.12. The zero-order valence-electron chi connectivity index (χ0n) is 17.4. The number of para-hydroxylation sites is 1. The zero-order chi connectivity index (χ0) is 21.5. The first-order chi connectivity index (χ1) is 14.5. The van der Waals surface area contributed by atoms with E-state index < -0.39 is 0 Å². The summed E-state index contributed by atoms with van der Waals surface area (Å²) in [5.41, 5.74) is 4.69. The van der Waals surface area contributed by atoms with Crippen LogP contribution < -0.4 is 10.6 Å². The maximum atomic E-state index is 12.7. The fourth-order valence-electron chi connectivity index (χ4n) is 3.26. The Morgan fingerprint density at radius 1 is 1.13 bits per heavy atom. The quantitative estimate of drug-likeness (QED) is 0.449. The third kappa shape index (κ3) is 5.48. The Hall–Kier alpha value is -3.12. The van der Waals surface area contributed by atoms with Crippen LogP contribution in [-0.4, -0.2) is 28.2 Å². The number of aliphatic imine (C=N–C) groups is 1. The van der Waals surface area contributed by atoms with E-state index in [2.05, 4.69) is 34.6 Å². The van der Waals surface area contributed by atoms with Crippen LogP contribution in [-0.2, 0) is 13.0 Å². The third-order valence-electron chi connectivity index (χ3n) is 4.82. The minimum atomic E-state index is -0.272. The number of amides is 1. The first-order valence-electron chi connectivity index (χ1n) is 9.94. The third-order valence-corrected chi connectivity index (χ3v) is 5.05. The molecule has 6 nitrogen and oxygen atoms in total. The predicted octanol–water partition coefficient (Wildman–Crippen LogP) is 4.61.